The Kier molecular flexibility index (Phi) is 8.28. The summed E-state index contributed by atoms with van der Waals surface area (Å²) in [5.41, 5.74) is 0. The zero-order valence-electron chi connectivity index (χ0n) is 12.4. The van der Waals surface area contributed by atoms with E-state index in [0.29, 0.717) is 0 Å². The largest absolute Gasteiger partial charge is 0.351 e. The Morgan fingerprint density at radius 3 is 2.90 bits per heavy atom. The summed E-state index contributed by atoms with van der Waals surface area (Å²) in [5.74, 6) is 2.25. The molecule has 1 aliphatic heterocycles. The highest BCUT2D eigenvalue weighted by Crippen LogP contribution is 2.21. The zero-order chi connectivity index (χ0) is 13.7. The van der Waals surface area contributed by atoms with Crippen LogP contribution in [0.1, 0.15) is 23.1 Å². The second-order valence-corrected chi connectivity index (χ2v) is 7.54. The van der Waals surface area contributed by atoms with Crippen molar-refractivity contribution in [3.8, 4) is 0 Å². The highest BCUT2D eigenvalue weighted by Gasteiger charge is 2.21. The number of rotatable bonds is 3. The predicted molar refractivity (Wildman–Crippen MR) is 103 cm³/mol. The molecule has 1 aromatic heterocycles. The number of thioether (sulfide) groups is 1. The van der Waals surface area contributed by atoms with Crippen molar-refractivity contribution in [3.63, 3.8) is 0 Å². The molecule has 1 N–H and O–H groups in total. The molecule has 1 aliphatic rings. The summed E-state index contributed by atoms with van der Waals surface area (Å²) in [6.07, 6.45) is 1.24. The number of hydrogen-bond donors (Lipinski definition) is 1. The molecule has 0 aliphatic carbocycles. The Hall–Kier alpha value is 0.0500. The van der Waals surface area contributed by atoms with Gasteiger partial charge >= 0.3 is 0 Å². The van der Waals surface area contributed by atoms with E-state index in [1.165, 1.54) is 21.9 Å². The Balaban J connectivity index is 0.00000200. The predicted octanol–water partition coefficient (Wildman–Crippen LogP) is 3.58. The van der Waals surface area contributed by atoms with Crippen LogP contribution in [0.4, 0.5) is 0 Å². The lowest BCUT2D eigenvalue weighted by molar-refractivity contribution is 0.408. The molecular formula is C14H24IN3S2. The van der Waals surface area contributed by atoms with Crippen LogP contribution >= 0.6 is 47.1 Å². The molecule has 6 heteroatoms. The van der Waals surface area contributed by atoms with Gasteiger partial charge in [-0.25, -0.2) is 0 Å². The van der Waals surface area contributed by atoms with Gasteiger partial charge in [0.25, 0.3) is 0 Å². The van der Waals surface area contributed by atoms with Crippen LogP contribution in [-0.4, -0.2) is 42.0 Å². The number of aliphatic imine (C=N–C) groups is 1. The monoisotopic (exact) mass is 425 g/mol. The van der Waals surface area contributed by atoms with Gasteiger partial charge in [-0.1, -0.05) is 6.92 Å². The molecule has 0 spiro atoms. The number of thiophene rings is 1. The van der Waals surface area contributed by atoms with Crippen molar-refractivity contribution >= 4 is 53.0 Å². The quantitative estimate of drug-likeness (QED) is 0.456. The normalized spacial score (nSPS) is 19.6. The van der Waals surface area contributed by atoms with Crippen molar-refractivity contribution in [2.45, 2.75) is 32.1 Å². The minimum atomic E-state index is 0. The summed E-state index contributed by atoms with van der Waals surface area (Å²) >= 11 is 3.94. The van der Waals surface area contributed by atoms with Gasteiger partial charge in [-0.05, 0) is 25.5 Å². The molecule has 114 valence electrons. The first-order valence-corrected chi connectivity index (χ1v) is 8.72. The highest BCUT2D eigenvalue weighted by atomic mass is 127. The van der Waals surface area contributed by atoms with E-state index in [1.54, 1.807) is 0 Å². The van der Waals surface area contributed by atoms with E-state index in [-0.39, 0.29) is 24.0 Å². The van der Waals surface area contributed by atoms with Crippen LogP contribution in [0, 0.1) is 6.92 Å². The van der Waals surface area contributed by atoms with Crippen molar-refractivity contribution in [1.82, 2.24) is 10.2 Å². The average molecular weight is 425 g/mol. The Morgan fingerprint density at radius 2 is 2.30 bits per heavy atom. The van der Waals surface area contributed by atoms with E-state index in [9.17, 15) is 0 Å². The van der Waals surface area contributed by atoms with Gasteiger partial charge in [0.05, 0.1) is 6.54 Å². The molecule has 3 nitrogen and oxygen atoms in total. The fraction of sp³-hybridized carbons (Fsp3) is 0.643. The Bertz CT molecular complexity index is 434. The Labute approximate surface area is 147 Å². The molecule has 2 rings (SSSR count). The van der Waals surface area contributed by atoms with Crippen molar-refractivity contribution in [1.29, 1.82) is 0 Å². The van der Waals surface area contributed by atoms with Crippen LogP contribution in [-0.2, 0) is 6.54 Å². The minimum absolute atomic E-state index is 0. The second-order valence-electron chi connectivity index (χ2n) is 4.76. The SMILES string of the molecule is CCC1CN(C(=NC)NCc2ccc(C)s2)CCS1.I. The molecule has 0 bridgehead atoms. The number of hydrogen-bond acceptors (Lipinski definition) is 3. The molecule has 1 aromatic rings. The molecule has 1 unspecified atom stereocenters. The van der Waals surface area contributed by atoms with E-state index in [2.05, 4.69) is 53.0 Å². The van der Waals surface area contributed by atoms with Gasteiger partial charge in [0.1, 0.15) is 0 Å². The van der Waals surface area contributed by atoms with Gasteiger partial charge in [0.2, 0.25) is 0 Å². The van der Waals surface area contributed by atoms with Gasteiger partial charge in [-0.3, -0.25) is 4.99 Å². The van der Waals surface area contributed by atoms with E-state index < -0.39 is 0 Å². The van der Waals surface area contributed by atoms with Crippen LogP contribution in [0.15, 0.2) is 17.1 Å². The third kappa shape index (κ3) is 5.11. The summed E-state index contributed by atoms with van der Waals surface area (Å²) in [4.78, 5) is 9.56. The maximum atomic E-state index is 4.43. The molecule has 0 radical (unpaired) electrons. The van der Waals surface area contributed by atoms with Crippen LogP contribution in [0.3, 0.4) is 0 Å². The summed E-state index contributed by atoms with van der Waals surface area (Å²) in [6.45, 7) is 7.52. The number of nitrogens with zero attached hydrogens (tertiary/aromatic N) is 2. The first-order chi connectivity index (χ1) is 9.22. The molecule has 1 fully saturated rings. The van der Waals surface area contributed by atoms with Crippen LogP contribution in [0.2, 0.25) is 0 Å². The highest BCUT2D eigenvalue weighted by molar-refractivity contribution is 14.0. The molecule has 1 saturated heterocycles. The fourth-order valence-electron chi connectivity index (χ4n) is 2.24. The first-order valence-electron chi connectivity index (χ1n) is 6.85. The number of aryl methyl sites for hydroxylation is 1. The third-order valence-corrected chi connectivity index (χ3v) is 5.69. The minimum Gasteiger partial charge on any atom is -0.351 e. The molecule has 20 heavy (non-hydrogen) atoms. The smallest absolute Gasteiger partial charge is 0.194 e. The number of nitrogens with one attached hydrogen (secondary N) is 1. The van der Waals surface area contributed by atoms with Crippen LogP contribution in [0.5, 0.6) is 0 Å². The maximum absolute atomic E-state index is 4.43. The van der Waals surface area contributed by atoms with E-state index in [0.717, 1.165) is 30.8 Å². The van der Waals surface area contributed by atoms with Crippen molar-refractivity contribution in [2.75, 3.05) is 25.9 Å². The van der Waals surface area contributed by atoms with E-state index in [4.69, 9.17) is 0 Å². The Morgan fingerprint density at radius 1 is 1.50 bits per heavy atom. The maximum Gasteiger partial charge on any atom is 0.194 e. The molecule has 2 heterocycles. The fourth-order valence-corrected chi connectivity index (χ4v) is 4.25. The van der Waals surface area contributed by atoms with Crippen LogP contribution < -0.4 is 5.32 Å². The molecular weight excluding hydrogens is 401 g/mol. The van der Waals surface area contributed by atoms with E-state index in [1.807, 2.05) is 18.4 Å². The average Bonchev–Trinajstić information content (AvgIpc) is 2.85. The third-order valence-electron chi connectivity index (χ3n) is 3.32. The number of guanidine groups is 1. The van der Waals surface area contributed by atoms with Gasteiger partial charge in [0.15, 0.2) is 5.96 Å². The molecule has 0 aromatic carbocycles. The topological polar surface area (TPSA) is 27.6 Å². The first kappa shape index (κ1) is 18.1. The van der Waals surface area contributed by atoms with Crippen LogP contribution in [0.25, 0.3) is 0 Å². The summed E-state index contributed by atoms with van der Waals surface area (Å²) < 4.78 is 0. The lowest BCUT2D eigenvalue weighted by Gasteiger charge is -2.34. The van der Waals surface area contributed by atoms with Crippen molar-refractivity contribution in [3.05, 3.63) is 21.9 Å². The van der Waals surface area contributed by atoms with Crippen molar-refractivity contribution < 1.29 is 0 Å². The van der Waals surface area contributed by atoms with E-state index >= 15 is 0 Å². The van der Waals surface area contributed by atoms with Gasteiger partial charge in [-0.2, -0.15) is 11.8 Å². The lowest BCUT2D eigenvalue weighted by Crippen LogP contribution is -2.47. The number of halogens is 1. The summed E-state index contributed by atoms with van der Waals surface area (Å²) in [7, 11) is 1.88. The molecule has 0 amide bonds. The lowest BCUT2D eigenvalue weighted by atomic mass is 10.3. The molecule has 1 atom stereocenters. The summed E-state index contributed by atoms with van der Waals surface area (Å²) in [6, 6.07) is 4.37. The van der Waals surface area contributed by atoms with Gasteiger partial charge in [-0.15, -0.1) is 35.3 Å². The van der Waals surface area contributed by atoms with Gasteiger partial charge in [0, 0.05) is 40.9 Å². The zero-order valence-corrected chi connectivity index (χ0v) is 16.4. The van der Waals surface area contributed by atoms with Gasteiger partial charge < -0.3 is 10.2 Å². The standard InChI is InChI=1S/C14H23N3S2.HI/c1-4-12-10-17(7-8-18-12)14(15-3)16-9-13-6-5-11(2)19-13;/h5-6,12H,4,7-10H2,1-3H3,(H,15,16);1H. The summed E-state index contributed by atoms with van der Waals surface area (Å²) in [5, 5.41) is 4.24. The molecule has 0 saturated carbocycles. The van der Waals surface area contributed by atoms with Crippen molar-refractivity contribution in [2.24, 2.45) is 4.99 Å². The second kappa shape index (κ2) is 9.15.